The molecule has 2 N–H and O–H groups in total. The van der Waals surface area contributed by atoms with Crippen LogP contribution in [0.1, 0.15) is 17.3 Å². The number of thioether (sulfide) groups is 1. The highest BCUT2D eigenvalue weighted by Gasteiger charge is 2.16. The van der Waals surface area contributed by atoms with Crippen LogP contribution in [0.3, 0.4) is 0 Å². The number of hydrogen-bond acceptors (Lipinski definition) is 5. The Kier molecular flexibility index (Phi) is 5.09. The maximum absolute atomic E-state index is 12.5. The summed E-state index contributed by atoms with van der Waals surface area (Å²) in [6.07, 6.45) is 0. The van der Waals surface area contributed by atoms with Crippen LogP contribution in [0.5, 0.6) is 6.01 Å². The summed E-state index contributed by atoms with van der Waals surface area (Å²) in [5, 5.41) is 8.65. The number of carbonyl (C=O) groups is 1. The van der Waals surface area contributed by atoms with Gasteiger partial charge in [0.05, 0.1) is 12.2 Å². The molecule has 0 bridgehead atoms. The lowest BCUT2D eigenvalue weighted by Gasteiger charge is -2.07. The number of rotatable bonds is 6. The molecule has 0 spiro atoms. The van der Waals surface area contributed by atoms with Crippen LogP contribution < -0.4 is 10.1 Å². The quantitative estimate of drug-likeness (QED) is 0.801. The lowest BCUT2D eigenvalue weighted by molar-refractivity contribution is 0.102. The number of H-pyrrole nitrogens is 1. The molecule has 0 unspecified atom stereocenters. The fourth-order valence-electron chi connectivity index (χ4n) is 1.52. The zero-order chi connectivity index (χ0) is 15.2. The van der Waals surface area contributed by atoms with E-state index in [1.807, 2.05) is 0 Å². The Balaban J connectivity index is 2.12. The highest BCUT2D eigenvalue weighted by atomic mass is 32.2. The van der Waals surface area contributed by atoms with Crippen LogP contribution in [-0.4, -0.2) is 33.5 Å². The van der Waals surface area contributed by atoms with Gasteiger partial charge in [0.15, 0.2) is 0 Å². The highest BCUT2D eigenvalue weighted by molar-refractivity contribution is 7.99. The Morgan fingerprint density at radius 2 is 2.24 bits per heavy atom. The third-order valence-electron chi connectivity index (χ3n) is 2.32. The summed E-state index contributed by atoms with van der Waals surface area (Å²) in [6, 6.07) is 6.19. The zero-order valence-electron chi connectivity index (χ0n) is 11.0. The van der Waals surface area contributed by atoms with Gasteiger partial charge >= 0.3 is 6.01 Å². The molecule has 1 aromatic heterocycles. The lowest BCUT2D eigenvalue weighted by Crippen LogP contribution is -2.14. The van der Waals surface area contributed by atoms with Crippen molar-refractivity contribution in [3.05, 3.63) is 29.8 Å². The molecule has 0 aliphatic rings. The molecule has 0 saturated heterocycles. The summed E-state index contributed by atoms with van der Waals surface area (Å²) < 4.78 is 30.0. The van der Waals surface area contributed by atoms with Gasteiger partial charge in [-0.3, -0.25) is 10.1 Å². The molecule has 1 aromatic carbocycles. The number of halogens is 2. The molecule has 0 radical (unpaired) electrons. The number of benzene rings is 1. The van der Waals surface area contributed by atoms with E-state index in [0.29, 0.717) is 18.4 Å². The molecule has 21 heavy (non-hydrogen) atoms. The average molecular weight is 314 g/mol. The zero-order valence-corrected chi connectivity index (χ0v) is 11.8. The minimum Gasteiger partial charge on any atom is -0.463 e. The van der Waals surface area contributed by atoms with Crippen LogP contribution in [0.4, 0.5) is 14.7 Å². The van der Waals surface area contributed by atoms with Gasteiger partial charge in [0, 0.05) is 4.90 Å². The largest absolute Gasteiger partial charge is 0.463 e. The van der Waals surface area contributed by atoms with E-state index < -0.39 is 11.7 Å². The van der Waals surface area contributed by atoms with Crippen LogP contribution in [0.2, 0.25) is 0 Å². The smallest absolute Gasteiger partial charge is 0.337 e. The van der Waals surface area contributed by atoms with Gasteiger partial charge < -0.3 is 4.74 Å². The van der Waals surface area contributed by atoms with Gasteiger partial charge in [-0.2, -0.15) is 13.8 Å². The summed E-state index contributed by atoms with van der Waals surface area (Å²) in [6.45, 7) is 2.16. The van der Waals surface area contributed by atoms with Crippen molar-refractivity contribution in [2.75, 3.05) is 11.9 Å². The molecular formula is C12H12F2N4O2S. The highest BCUT2D eigenvalue weighted by Crippen LogP contribution is 2.28. The second kappa shape index (κ2) is 7.02. The standard InChI is InChI=1S/C12H12F2N4O2S/c1-2-20-12-16-11(17-18-12)15-9(19)7-5-3-4-6-8(7)21-10(13)14/h3-6,10H,2H2,1H3,(H2,15,16,17,18,19). The van der Waals surface area contributed by atoms with E-state index in [-0.39, 0.29) is 22.4 Å². The molecule has 0 aliphatic heterocycles. The fourth-order valence-corrected chi connectivity index (χ4v) is 2.16. The van der Waals surface area contributed by atoms with Gasteiger partial charge in [0.1, 0.15) is 0 Å². The monoisotopic (exact) mass is 314 g/mol. The van der Waals surface area contributed by atoms with Crippen molar-refractivity contribution < 1.29 is 18.3 Å². The molecule has 2 aromatic rings. The van der Waals surface area contributed by atoms with Crippen LogP contribution in [-0.2, 0) is 0 Å². The first-order valence-electron chi connectivity index (χ1n) is 6.00. The number of amides is 1. The first kappa shape index (κ1) is 15.2. The van der Waals surface area contributed by atoms with Crippen molar-refractivity contribution in [1.29, 1.82) is 0 Å². The molecule has 0 fully saturated rings. The van der Waals surface area contributed by atoms with E-state index in [4.69, 9.17) is 4.74 Å². The van der Waals surface area contributed by atoms with Gasteiger partial charge in [-0.15, -0.1) is 5.10 Å². The molecule has 9 heteroatoms. The summed E-state index contributed by atoms with van der Waals surface area (Å²) in [7, 11) is 0. The molecule has 0 saturated carbocycles. The van der Waals surface area contributed by atoms with E-state index >= 15 is 0 Å². The van der Waals surface area contributed by atoms with E-state index in [1.165, 1.54) is 12.1 Å². The molecular weight excluding hydrogens is 302 g/mol. The van der Waals surface area contributed by atoms with Gasteiger partial charge in [-0.25, -0.2) is 5.10 Å². The minimum absolute atomic E-state index is 0.0836. The van der Waals surface area contributed by atoms with E-state index in [2.05, 4.69) is 20.5 Å². The number of aromatic nitrogens is 3. The number of hydrogen-bond donors (Lipinski definition) is 2. The van der Waals surface area contributed by atoms with Gasteiger partial charge in [0.25, 0.3) is 11.7 Å². The van der Waals surface area contributed by atoms with Crippen molar-refractivity contribution >= 4 is 23.6 Å². The summed E-state index contributed by atoms with van der Waals surface area (Å²) in [5.41, 5.74) is 0.136. The third kappa shape index (κ3) is 4.15. The Morgan fingerprint density at radius 1 is 1.48 bits per heavy atom. The molecule has 1 amide bonds. The van der Waals surface area contributed by atoms with Crippen molar-refractivity contribution in [2.24, 2.45) is 0 Å². The van der Waals surface area contributed by atoms with Crippen LogP contribution >= 0.6 is 11.8 Å². The number of aromatic amines is 1. The number of ether oxygens (including phenoxy) is 1. The molecule has 2 rings (SSSR count). The van der Waals surface area contributed by atoms with Crippen molar-refractivity contribution in [2.45, 2.75) is 17.6 Å². The predicted octanol–water partition coefficient (Wildman–Crippen LogP) is 2.77. The molecule has 1 heterocycles. The SMILES string of the molecule is CCOc1n[nH]c(NC(=O)c2ccccc2SC(F)F)n1. The summed E-state index contributed by atoms with van der Waals surface area (Å²) >= 11 is 0.312. The van der Waals surface area contributed by atoms with Crippen molar-refractivity contribution in [1.82, 2.24) is 15.2 Å². The summed E-state index contributed by atoms with van der Waals surface area (Å²) in [5.74, 6) is -3.08. The maximum Gasteiger partial charge on any atom is 0.337 e. The Labute approximate surface area is 123 Å². The van der Waals surface area contributed by atoms with E-state index in [9.17, 15) is 13.6 Å². The number of anilines is 1. The molecule has 112 valence electrons. The number of nitrogens with zero attached hydrogens (tertiary/aromatic N) is 2. The van der Waals surface area contributed by atoms with Gasteiger partial charge in [-0.1, -0.05) is 23.9 Å². The van der Waals surface area contributed by atoms with Crippen LogP contribution in [0.15, 0.2) is 29.2 Å². The molecule has 0 aliphatic carbocycles. The third-order valence-corrected chi connectivity index (χ3v) is 3.11. The normalized spacial score (nSPS) is 10.7. The summed E-state index contributed by atoms with van der Waals surface area (Å²) in [4.78, 5) is 16.2. The van der Waals surface area contributed by atoms with E-state index in [0.717, 1.165) is 0 Å². The first-order valence-corrected chi connectivity index (χ1v) is 6.88. The topological polar surface area (TPSA) is 79.9 Å². The Morgan fingerprint density at radius 3 is 2.95 bits per heavy atom. The molecule has 0 atom stereocenters. The average Bonchev–Trinajstić information content (AvgIpc) is 2.86. The maximum atomic E-state index is 12.5. The predicted molar refractivity (Wildman–Crippen MR) is 73.8 cm³/mol. The van der Waals surface area contributed by atoms with Crippen LogP contribution in [0.25, 0.3) is 0 Å². The van der Waals surface area contributed by atoms with Crippen molar-refractivity contribution in [3.8, 4) is 6.01 Å². The molecule has 6 nitrogen and oxygen atoms in total. The second-order valence-corrected chi connectivity index (χ2v) is 4.76. The minimum atomic E-state index is -2.60. The number of carbonyl (C=O) groups excluding carboxylic acids is 1. The Bertz CT molecular complexity index is 621. The first-order chi connectivity index (χ1) is 10.1. The van der Waals surface area contributed by atoms with Gasteiger partial charge in [-0.05, 0) is 19.1 Å². The van der Waals surface area contributed by atoms with Crippen LogP contribution in [0, 0.1) is 0 Å². The van der Waals surface area contributed by atoms with E-state index in [1.54, 1.807) is 19.1 Å². The lowest BCUT2D eigenvalue weighted by atomic mass is 10.2. The fraction of sp³-hybridized carbons (Fsp3) is 0.250. The second-order valence-electron chi connectivity index (χ2n) is 3.73. The van der Waals surface area contributed by atoms with Crippen molar-refractivity contribution in [3.63, 3.8) is 0 Å². The Hall–Kier alpha value is -2.16. The van der Waals surface area contributed by atoms with Gasteiger partial charge in [0.2, 0.25) is 5.95 Å². The number of nitrogens with one attached hydrogen (secondary N) is 2. The number of alkyl halides is 2.